The van der Waals surface area contributed by atoms with E-state index < -0.39 is 22.8 Å². The molecular weight excluding hydrogens is 859 g/mol. The van der Waals surface area contributed by atoms with E-state index in [1.165, 1.54) is 19.2 Å². The van der Waals surface area contributed by atoms with E-state index in [1.54, 1.807) is 56.7 Å². The van der Waals surface area contributed by atoms with Crippen molar-refractivity contribution in [1.82, 2.24) is 10.6 Å². The molecule has 0 bridgehead atoms. The lowest BCUT2D eigenvalue weighted by molar-refractivity contribution is 0.0975. The number of nitrogens with one attached hydrogen (secondary N) is 4. The van der Waals surface area contributed by atoms with Gasteiger partial charge in [-0.3, -0.25) is 9.59 Å². The Balaban J connectivity index is 0.000000269. The molecule has 4 aromatic carbocycles. The highest BCUT2D eigenvalue weighted by molar-refractivity contribution is 6.33. The van der Waals surface area contributed by atoms with Crippen LogP contribution in [0.4, 0.5) is 11.4 Å². The van der Waals surface area contributed by atoms with Crippen molar-refractivity contribution < 1.29 is 53.4 Å². The number of rotatable bonds is 16. The number of aliphatic hydroxyl groups excluding tert-OH is 2. The Morgan fingerprint density at radius 2 is 1.16 bits per heavy atom. The van der Waals surface area contributed by atoms with E-state index in [2.05, 4.69) is 21.3 Å². The van der Waals surface area contributed by atoms with Gasteiger partial charge in [0.1, 0.15) is 56.6 Å². The Hall–Kier alpha value is -6.01. The van der Waals surface area contributed by atoms with Crippen molar-refractivity contribution in [3.63, 3.8) is 0 Å². The van der Waals surface area contributed by atoms with Crippen LogP contribution in [0.25, 0.3) is 28.2 Å². The number of benzene rings is 4. The SMILES string of the molecule is COc1ccc(-c2c(OC)c3c(OC)c4c(cc3oc2=O)OC(C)(C)C=C4)cc1.Cl.Cl.O=C1c2c(O)ccc(O)c2C(=O)c2c(NCCNCCO)ccc(NCCNCCO)c21. The van der Waals surface area contributed by atoms with E-state index in [1.807, 2.05) is 26.0 Å². The predicted molar refractivity (Wildman–Crippen MR) is 246 cm³/mol. The Labute approximate surface area is 376 Å². The third-order valence-corrected chi connectivity index (χ3v) is 10.0. The molecule has 338 valence electrons. The highest BCUT2D eigenvalue weighted by Gasteiger charge is 2.38. The van der Waals surface area contributed by atoms with Crippen LogP contribution in [0.15, 0.2) is 69.9 Å². The number of phenolic OH excluding ortho intramolecular Hbond substituents is 2. The van der Waals surface area contributed by atoms with Crippen molar-refractivity contribution >= 4 is 64.8 Å². The number of carbonyl (C=O) groups is 2. The van der Waals surface area contributed by atoms with E-state index >= 15 is 0 Å². The molecule has 0 atom stereocenters. The smallest absolute Gasteiger partial charge is 0.347 e. The van der Waals surface area contributed by atoms with Crippen molar-refractivity contribution in [2.45, 2.75) is 19.4 Å². The van der Waals surface area contributed by atoms with Crippen LogP contribution in [0.1, 0.15) is 51.3 Å². The second-order valence-electron chi connectivity index (χ2n) is 14.5. The predicted octanol–water partition coefficient (Wildman–Crippen LogP) is 5.37. The Morgan fingerprint density at radius 1 is 0.635 bits per heavy atom. The zero-order chi connectivity index (χ0) is 43.8. The lowest BCUT2D eigenvalue weighted by Crippen LogP contribution is -2.28. The van der Waals surface area contributed by atoms with E-state index in [4.69, 9.17) is 33.6 Å². The number of aromatic hydroxyl groups is 2. The zero-order valence-electron chi connectivity index (χ0n) is 35.4. The Bertz CT molecular complexity index is 2450. The fourth-order valence-electron chi connectivity index (χ4n) is 7.20. The van der Waals surface area contributed by atoms with Crippen molar-refractivity contribution in [2.24, 2.45) is 0 Å². The first kappa shape index (κ1) is 49.6. The van der Waals surface area contributed by atoms with E-state index in [-0.39, 0.29) is 71.8 Å². The topological polar surface area (TPSA) is 230 Å². The van der Waals surface area contributed by atoms with Gasteiger partial charge >= 0.3 is 5.63 Å². The molecule has 7 rings (SSSR count). The highest BCUT2D eigenvalue weighted by atomic mass is 35.5. The van der Waals surface area contributed by atoms with Gasteiger partial charge in [0.2, 0.25) is 11.6 Å². The maximum atomic E-state index is 13.4. The Morgan fingerprint density at radius 3 is 1.63 bits per heavy atom. The minimum atomic E-state index is -0.559. The molecule has 1 aliphatic carbocycles. The molecule has 0 saturated carbocycles. The van der Waals surface area contributed by atoms with Crippen LogP contribution in [0, 0.1) is 0 Å². The van der Waals surface area contributed by atoms with Gasteiger partial charge in [-0.2, -0.15) is 0 Å². The molecule has 5 aromatic rings. The van der Waals surface area contributed by atoms with E-state index in [0.717, 1.165) is 5.56 Å². The van der Waals surface area contributed by atoms with E-state index in [0.29, 0.717) is 95.7 Å². The van der Waals surface area contributed by atoms with Gasteiger partial charge in [-0.15, -0.1) is 24.8 Å². The number of anilines is 2. The molecule has 1 aromatic heterocycles. The lowest BCUT2D eigenvalue weighted by Gasteiger charge is -2.29. The number of phenols is 2. The van der Waals surface area contributed by atoms with Gasteiger partial charge in [-0.05, 0) is 68.0 Å². The normalized spacial score (nSPS) is 12.9. The number of ketones is 2. The van der Waals surface area contributed by atoms with Crippen LogP contribution in [-0.4, -0.2) is 111 Å². The van der Waals surface area contributed by atoms with Gasteiger partial charge in [-0.25, -0.2) is 4.79 Å². The largest absolute Gasteiger partial charge is 0.507 e. The zero-order valence-corrected chi connectivity index (χ0v) is 37.0. The maximum Gasteiger partial charge on any atom is 0.347 e. The number of hydrogen-bond donors (Lipinski definition) is 8. The molecule has 8 N–H and O–H groups in total. The molecule has 0 saturated heterocycles. The van der Waals surface area contributed by atoms with Crippen molar-refractivity contribution in [3.8, 4) is 45.6 Å². The van der Waals surface area contributed by atoms with Gasteiger partial charge in [0, 0.05) is 56.7 Å². The summed E-state index contributed by atoms with van der Waals surface area (Å²) in [6.07, 6.45) is 3.91. The number of halogens is 2. The van der Waals surface area contributed by atoms with Crippen LogP contribution >= 0.6 is 24.8 Å². The fraction of sp³-hybridized carbons (Fsp3) is 0.311. The third kappa shape index (κ3) is 10.4. The van der Waals surface area contributed by atoms with Crippen molar-refractivity contribution in [3.05, 3.63) is 98.9 Å². The second-order valence-corrected chi connectivity index (χ2v) is 14.5. The standard InChI is InChI=1S/C23H22O6.C22H28N4O6.2ClH/c1-23(2)11-10-15-16(29-23)12-17-19(20(15)26-4)21(27-5)18(22(24)28-17)13-6-8-14(25-3)9-7-13;27-11-9-23-5-7-25-13-1-2-14(26-8-6-24-10-12-28)18-17(13)21(31)19-15(29)3-4-16(30)20(19)22(18)32;;/h6-12H,1-5H3;1-4,23-30H,5-12H2;2*1H. The van der Waals surface area contributed by atoms with E-state index in [9.17, 15) is 24.6 Å². The molecule has 0 spiro atoms. The summed E-state index contributed by atoms with van der Waals surface area (Å²) < 4.78 is 28.3. The van der Waals surface area contributed by atoms with Crippen molar-refractivity contribution in [1.29, 1.82) is 0 Å². The van der Waals surface area contributed by atoms with Crippen molar-refractivity contribution in [2.75, 3.05) is 84.4 Å². The molecular formula is C45H52Cl2N4O12. The Kier molecular flexibility index (Phi) is 17.2. The van der Waals surface area contributed by atoms with Gasteiger partial charge in [0.15, 0.2) is 0 Å². The highest BCUT2D eigenvalue weighted by Crippen LogP contribution is 2.47. The van der Waals surface area contributed by atoms with Crippen LogP contribution < -0.4 is 45.8 Å². The monoisotopic (exact) mass is 910 g/mol. The number of carbonyl (C=O) groups excluding carboxylic acids is 2. The number of ether oxygens (including phenoxy) is 4. The number of fused-ring (bicyclic) bond motifs is 4. The third-order valence-electron chi connectivity index (χ3n) is 10.0. The van der Waals surface area contributed by atoms with Crippen LogP contribution in [0.2, 0.25) is 0 Å². The van der Waals surface area contributed by atoms with Crippen LogP contribution in [-0.2, 0) is 0 Å². The molecule has 0 radical (unpaired) electrons. The second kappa shape index (κ2) is 21.9. The van der Waals surface area contributed by atoms with Gasteiger partial charge < -0.3 is 65.1 Å². The quantitative estimate of drug-likeness (QED) is 0.0347. The average molecular weight is 912 g/mol. The molecule has 2 aliphatic rings. The molecule has 2 heterocycles. The van der Waals surface area contributed by atoms with Crippen LogP contribution in [0.5, 0.6) is 34.5 Å². The maximum absolute atomic E-state index is 13.4. The summed E-state index contributed by atoms with van der Waals surface area (Å²) in [4.78, 5) is 39.6. The first-order valence-electron chi connectivity index (χ1n) is 19.6. The lowest BCUT2D eigenvalue weighted by atomic mass is 9.81. The average Bonchev–Trinajstić information content (AvgIpc) is 3.25. The number of methoxy groups -OCH3 is 3. The minimum Gasteiger partial charge on any atom is -0.507 e. The number of aliphatic hydroxyl groups is 2. The molecule has 63 heavy (non-hydrogen) atoms. The first-order chi connectivity index (χ1) is 29.4. The summed E-state index contributed by atoms with van der Waals surface area (Å²) in [5.74, 6) is 0.331. The molecule has 16 nitrogen and oxygen atoms in total. The molecule has 1 aliphatic heterocycles. The summed E-state index contributed by atoms with van der Waals surface area (Å²) in [5, 5.41) is 51.1. The number of hydrogen-bond acceptors (Lipinski definition) is 16. The summed E-state index contributed by atoms with van der Waals surface area (Å²) in [6.45, 7) is 6.71. The van der Waals surface area contributed by atoms with Gasteiger partial charge in [0.25, 0.3) is 0 Å². The summed E-state index contributed by atoms with van der Waals surface area (Å²) >= 11 is 0. The molecule has 0 unspecified atom stereocenters. The minimum absolute atomic E-state index is 0. The fourth-order valence-corrected chi connectivity index (χ4v) is 7.20. The van der Waals surface area contributed by atoms with Gasteiger partial charge in [0.05, 0.1) is 62.4 Å². The summed E-state index contributed by atoms with van der Waals surface area (Å²) in [7, 11) is 4.68. The first-order valence-corrected chi connectivity index (χ1v) is 19.6. The molecule has 0 fully saturated rings. The van der Waals surface area contributed by atoms with Crippen LogP contribution in [0.3, 0.4) is 0 Å². The summed E-state index contributed by atoms with van der Waals surface area (Å²) in [6, 6.07) is 14.6. The van der Waals surface area contributed by atoms with Gasteiger partial charge in [-0.1, -0.05) is 12.1 Å². The molecule has 18 heteroatoms. The molecule has 0 amide bonds. The summed E-state index contributed by atoms with van der Waals surface area (Å²) in [5.41, 5.74) is 1.79.